The third-order valence-electron chi connectivity index (χ3n) is 2.49. The van der Waals surface area contributed by atoms with Gasteiger partial charge in [-0.15, -0.1) is 0 Å². The second kappa shape index (κ2) is 3.88. The van der Waals surface area contributed by atoms with Crippen molar-refractivity contribution in [2.75, 3.05) is 20.1 Å². The zero-order chi connectivity index (χ0) is 9.97. The van der Waals surface area contributed by atoms with Gasteiger partial charge in [0.15, 0.2) is 5.82 Å². The number of hydrogen-bond acceptors (Lipinski definition) is 3. The standard InChI is InChI=1S/C11H15N3/c1-9-3-6-12-11(13-9)10-4-7-14(2)8-5-10/h3-4,6H,5,7-8H2,1-2H3. The van der Waals surface area contributed by atoms with Gasteiger partial charge in [0.2, 0.25) is 0 Å². The summed E-state index contributed by atoms with van der Waals surface area (Å²) in [5.74, 6) is 0.901. The molecule has 74 valence electrons. The summed E-state index contributed by atoms with van der Waals surface area (Å²) < 4.78 is 0. The van der Waals surface area contributed by atoms with E-state index in [9.17, 15) is 0 Å². The van der Waals surface area contributed by atoms with E-state index < -0.39 is 0 Å². The maximum atomic E-state index is 4.42. The van der Waals surface area contributed by atoms with Crippen molar-refractivity contribution < 1.29 is 0 Å². The quantitative estimate of drug-likeness (QED) is 0.670. The Bertz CT molecular complexity index is 357. The fraction of sp³-hybridized carbons (Fsp3) is 0.455. The van der Waals surface area contributed by atoms with Crippen LogP contribution in [-0.2, 0) is 0 Å². The van der Waals surface area contributed by atoms with Crippen molar-refractivity contribution in [3.8, 4) is 0 Å². The summed E-state index contributed by atoms with van der Waals surface area (Å²) in [6.07, 6.45) is 5.11. The molecule has 1 aromatic rings. The molecule has 0 saturated carbocycles. The highest BCUT2D eigenvalue weighted by atomic mass is 15.1. The van der Waals surface area contributed by atoms with E-state index in [0.29, 0.717) is 0 Å². The predicted octanol–water partition coefficient (Wildman–Crippen LogP) is 1.50. The summed E-state index contributed by atoms with van der Waals surface area (Å²) in [6.45, 7) is 4.11. The summed E-state index contributed by atoms with van der Waals surface area (Å²) >= 11 is 0. The fourth-order valence-corrected chi connectivity index (χ4v) is 1.58. The summed E-state index contributed by atoms with van der Waals surface area (Å²) in [5, 5.41) is 0. The van der Waals surface area contributed by atoms with Crippen molar-refractivity contribution in [1.29, 1.82) is 0 Å². The Morgan fingerprint density at radius 3 is 2.93 bits per heavy atom. The van der Waals surface area contributed by atoms with Gasteiger partial charge in [-0.3, -0.25) is 0 Å². The summed E-state index contributed by atoms with van der Waals surface area (Å²) in [5.41, 5.74) is 2.32. The van der Waals surface area contributed by atoms with Gasteiger partial charge < -0.3 is 4.90 Å². The van der Waals surface area contributed by atoms with Crippen molar-refractivity contribution in [3.63, 3.8) is 0 Å². The first kappa shape index (κ1) is 9.34. The lowest BCUT2D eigenvalue weighted by Crippen LogP contribution is -2.24. The van der Waals surface area contributed by atoms with E-state index in [2.05, 4.69) is 28.0 Å². The van der Waals surface area contributed by atoms with Crippen molar-refractivity contribution in [3.05, 3.63) is 29.9 Å². The molecule has 2 rings (SSSR count). The second-order valence-electron chi connectivity index (χ2n) is 3.76. The summed E-state index contributed by atoms with van der Waals surface area (Å²) in [7, 11) is 2.13. The molecule has 0 bridgehead atoms. The molecule has 0 aliphatic carbocycles. The lowest BCUT2D eigenvalue weighted by Gasteiger charge is -2.21. The van der Waals surface area contributed by atoms with E-state index >= 15 is 0 Å². The maximum absolute atomic E-state index is 4.42. The molecule has 1 aromatic heterocycles. The number of nitrogens with zero attached hydrogens (tertiary/aromatic N) is 3. The molecule has 3 heteroatoms. The van der Waals surface area contributed by atoms with Crippen LogP contribution in [0.1, 0.15) is 17.9 Å². The van der Waals surface area contributed by atoms with E-state index in [4.69, 9.17) is 0 Å². The first-order valence-electron chi connectivity index (χ1n) is 4.93. The smallest absolute Gasteiger partial charge is 0.155 e. The van der Waals surface area contributed by atoms with Crippen LogP contribution in [0.4, 0.5) is 0 Å². The largest absolute Gasteiger partial charge is 0.302 e. The molecule has 0 radical (unpaired) electrons. The van der Waals surface area contributed by atoms with Crippen LogP contribution in [0.5, 0.6) is 0 Å². The molecule has 0 atom stereocenters. The van der Waals surface area contributed by atoms with Crippen LogP contribution in [0.3, 0.4) is 0 Å². The van der Waals surface area contributed by atoms with Gasteiger partial charge in [0.05, 0.1) is 0 Å². The Hall–Kier alpha value is -1.22. The van der Waals surface area contributed by atoms with Crippen LogP contribution in [0.2, 0.25) is 0 Å². The minimum atomic E-state index is 0.901. The average molecular weight is 189 g/mol. The monoisotopic (exact) mass is 189 g/mol. The zero-order valence-corrected chi connectivity index (χ0v) is 8.70. The van der Waals surface area contributed by atoms with Gasteiger partial charge in [-0.1, -0.05) is 6.08 Å². The molecule has 0 saturated heterocycles. The maximum Gasteiger partial charge on any atom is 0.155 e. The first-order valence-corrected chi connectivity index (χ1v) is 4.93. The highest BCUT2D eigenvalue weighted by Crippen LogP contribution is 2.17. The molecule has 0 amide bonds. The highest BCUT2D eigenvalue weighted by Gasteiger charge is 2.11. The molecule has 0 unspecified atom stereocenters. The van der Waals surface area contributed by atoms with Crippen LogP contribution in [0.25, 0.3) is 5.57 Å². The normalized spacial score (nSPS) is 18.0. The zero-order valence-electron chi connectivity index (χ0n) is 8.70. The van der Waals surface area contributed by atoms with E-state index in [-0.39, 0.29) is 0 Å². The van der Waals surface area contributed by atoms with Crippen LogP contribution < -0.4 is 0 Å². The van der Waals surface area contributed by atoms with Crippen molar-refractivity contribution in [2.45, 2.75) is 13.3 Å². The lowest BCUT2D eigenvalue weighted by atomic mass is 10.1. The van der Waals surface area contributed by atoms with Crippen molar-refractivity contribution >= 4 is 5.57 Å². The third kappa shape index (κ3) is 1.99. The van der Waals surface area contributed by atoms with Gasteiger partial charge >= 0.3 is 0 Å². The average Bonchev–Trinajstić information content (AvgIpc) is 2.19. The van der Waals surface area contributed by atoms with Crippen molar-refractivity contribution in [1.82, 2.24) is 14.9 Å². The molecule has 1 aliphatic heterocycles. The second-order valence-corrected chi connectivity index (χ2v) is 3.76. The van der Waals surface area contributed by atoms with Gasteiger partial charge in [0.25, 0.3) is 0 Å². The molecule has 0 aromatic carbocycles. The molecular formula is C11H15N3. The number of aryl methyl sites for hydroxylation is 1. The van der Waals surface area contributed by atoms with Gasteiger partial charge in [-0.25, -0.2) is 9.97 Å². The van der Waals surface area contributed by atoms with Crippen LogP contribution in [-0.4, -0.2) is 35.0 Å². The highest BCUT2D eigenvalue weighted by molar-refractivity contribution is 5.60. The number of rotatable bonds is 1. The predicted molar refractivity (Wildman–Crippen MR) is 56.9 cm³/mol. The van der Waals surface area contributed by atoms with Crippen molar-refractivity contribution in [2.24, 2.45) is 0 Å². The number of likely N-dealkylation sites (N-methyl/N-ethyl adjacent to an activating group) is 1. The summed E-state index contributed by atoms with van der Waals surface area (Å²) in [4.78, 5) is 11.0. The van der Waals surface area contributed by atoms with E-state index in [1.165, 1.54) is 5.57 Å². The topological polar surface area (TPSA) is 29.0 Å². The minimum Gasteiger partial charge on any atom is -0.302 e. The van der Waals surface area contributed by atoms with Gasteiger partial charge in [-0.2, -0.15) is 0 Å². The van der Waals surface area contributed by atoms with Gasteiger partial charge in [0, 0.05) is 25.0 Å². The molecule has 3 nitrogen and oxygen atoms in total. The molecular weight excluding hydrogens is 174 g/mol. The minimum absolute atomic E-state index is 0.901. The van der Waals surface area contributed by atoms with E-state index in [1.54, 1.807) is 0 Å². The third-order valence-corrected chi connectivity index (χ3v) is 2.49. The SMILES string of the molecule is Cc1ccnc(C2=CCN(C)CC2)n1. The molecule has 0 spiro atoms. The van der Waals surface area contributed by atoms with Crippen LogP contribution in [0.15, 0.2) is 18.3 Å². The van der Waals surface area contributed by atoms with E-state index in [0.717, 1.165) is 31.0 Å². The molecule has 0 N–H and O–H groups in total. The Morgan fingerprint density at radius 2 is 2.29 bits per heavy atom. The number of hydrogen-bond donors (Lipinski definition) is 0. The van der Waals surface area contributed by atoms with Crippen LogP contribution in [0, 0.1) is 6.92 Å². The van der Waals surface area contributed by atoms with E-state index in [1.807, 2.05) is 19.2 Å². The molecule has 1 aliphatic rings. The lowest BCUT2D eigenvalue weighted by molar-refractivity contribution is 0.369. The Kier molecular flexibility index (Phi) is 2.59. The Labute approximate surface area is 84.5 Å². The molecule has 0 fully saturated rings. The fourth-order valence-electron chi connectivity index (χ4n) is 1.58. The molecule has 14 heavy (non-hydrogen) atoms. The van der Waals surface area contributed by atoms with Gasteiger partial charge in [-0.05, 0) is 32.0 Å². The first-order chi connectivity index (χ1) is 6.75. The molecule has 2 heterocycles. The Morgan fingerprint density at radius 1 is 1.43 bits per heavy atom. The summed E-state index contributed by atoms with van der Waals surface area (Å²) in [6, 6.07) is 1.93. The number of aromatic nitrogens is 2. The Balaban J connectivity index is 2.23. The van der Waals surface area contributed by atoms with Crippen LogP contribution >= 0.6 is 0 Å². The van der Waals surface area contributed by atoms with Gasteiger partial charge in [0.1, 0.15) is 0 Å².